The van der Waals surface area contributed by atoms with E-state index in [1.165, 1.54) is 5.69 Å². The van der Waals surface area contributed by atoms with Gasteiger partial charge in [-0.1, -0.05) is 31.5 Å². The molecule has 0 bridgehead atoms. The van der Waals surface area contributed by atoms with Gasteiger partial charge >= 0.3 is 0 Å². The molecule has 2 rings (SSSR count). The fourth-order valence-electron chi connectivity index (χ4n) is 2.67. The molecule has 0 aromatic heterocycles. The van der Waals surface area contributed by atoms with E-state index >= 15 is 0 Å². The Kier molecular flexibility index (Phi) is 6.49. The third kappa shape index (κ3) is 4.60. The van der Waals surface area contributed by atoms with E-state index in [1.807, 2.05) is 25.1 Å². The average Bonchev–Trinajstić information content (AvgIpc) is 2.55. The van der Waals surface area contributed by atoms with E-state index in [0.717, 1.165) is 37.6 Å². The molecule has 1 saturated heterocycles. The molecular formula is C16H25ClN4O. The maximum Gasteiger partial charge on any atom is 0.233 e. The van der Waals surface area contributed by atoms with Gasteiger partial charge in [0.2, 0.25) is 5.91 Å². The van der Waals surface area contributed by atoms with Gasteiger partial charge in [-0.05, 0) is 24.6 Å². The zero-order valence-electron chi connectivity index (χ0n) is 13.3. The van der Waals surface area contributed by atoms with Gasteiger partial charge in [0.25, 0.3) is 0 Å². The topological polar surface area (TPSA) is 47.6 Å². The number of benzene rings is 1. The minimum absolute atomic E-state index is 0.0241. The van der Waals surface area contributed by atoms with E-state index < -0.39 is 0 Å². The molecule has 1 aliphatic heterocycles. The first kappa shape index (κ1) is 17.1. The Hall–Kier alpha value is -1.30. The standard InChI is InChI=1S/C16H25ClN4O/c1-3-15(18-19-16(22)4-2)21-10-8-20(9-11-21)14-7-5-6-13(17)12-14/h5-7,12,15,18H,3-4,8-11H2,1-2H3,(H,19,22). The molecule has 1 heterocycles. The molecule has 0 saturated carbocycles. The van der Waals surface area contributed by atoms with Crippen LogP contribution in [0, 0.1) is 0 Å². The van der Waals surface area contributed by atoms with Crippen LogP contribution in [0.15, 0.2) is 24.3 Å². The number of rotatable bonds is 6. The number of anilines is 1. The van der Waals surface area contributed by atoms with Crippen LogP contribution in [0.25, 0.3) is 0 Å². The van der Waals surface area contributed by atoms with Crippen LogP contribution in [-0.2, 0) is 4.79 Å². The molecule has 1 aromatic rings. The van der Waals surface area contributed by atoms with Crippen LogP contribution in [0.5, 0.6) is 0 Å². The van der Waals surface area contributed by atoms with Crippen LogP contribution in [0.3, 0.4) is 0 Å². The Morgan fingerprint density at radius 3 is 2.59 bits per heavy atom. The zero-order chi connectivity index (χ0) is 15.9. The summed E-state index contributed by atoms with van der Waals surface area (Å²) in [6.45, 7) is 7.81. The van der Waals surface area contributed by atoms with Gasteiger partial charge in [0.1, 0.15) is 0 Å². The average molecular weight is 325 g/mol. The predicted molar refractivity (Wildman–Crippen MR) is 90.9 cm³/mol. The molecule has 5 nitrogen and oxygen atoms in total. The van der Waals surface area contributed by atoms with Gasteiger partial charge < -0.3 is 4.90 Å². The van der Waals surface area contributed by atoms with Crippen molar-refractivity contribution in [2.45, 2.75) is 32.9 Å². The van der Waals surface area contributed by atoms with Crippen molar-refractivity contribution >= 4 is 23.2 Å². The van der Waals surface area contributed by atoms with E-state index in [-0.39, 0.29) is 12.1 Å². The van der Waals surface area contributed by atoms with E-state index in [2.05, 4.69) is 33.6 Å². The molecule has 1 fully saturated rings. The molecule has 1 amide bonds. The maximum atomic E-state index is 11.4. The summed E-state index contributed by atoms with van der Waals surface area (Å²) < 4.78 is 0. The lowest BCUT2D eigenvalue weighted by molar-refractivity contribution is -0.122. The summed E-state index contributed by atoms with van der Waals surface area (Å²) in [5, 5.41) is 0.773. The van der Waals surface area contributed by atoms with E-state index in [0.29, 0.717) is 6.42 Å². The number of halogens is 1. The minimum Gasteiger partial charge on any atom is -0.369 e. The van der Waals surface area contributed by atoms with Crippen LogP contribution >= 0.6 is 11.6 Å². The summed E-state index contributed by atoms with van der Waals surface area (Å²) in [4.78, 5) is 16.1. The second kappa shape index (κ2) is 8.36. The van der Waals surface area contributed by atoms with Gasteiger partial charge in [-0.2, -0.15) is 0 Å². The second-order valence-corrected chi connectivity index (χ2v) is 5.91. The normalized spacial score (nSPS) is 17.3. The van der Waals surface area contributed by atoms with Gasteiger partial charge in [-0.25, -0.2) is 5.43 Å². The Labute approximate surface area is 137 Å². The van der Waals surface area contributed by atoms with Crippen LogP contribution in [0.1, 0.15) is 26.7 Å². The number of amides is 1. The lowest BCUT2D eigenvalue weighted by Crippen LogP contribution is -2.58. The fraction of sp³-hybridized carbons (Fsp3) is 0.562. The van der Waals surface area contributed by atoms with Gasteiger partial charge in [-0.15, -0.1) is 0 Å². The Balaban J connectivity index is 1.86. The third-order valence-corrected chi connectivity index (χ3v) is 4.25. The molecule has 0 aliphatic carbocycles. The Morgan fingerprint density at radius 2 is 2.00 bits per heavy atom. The van der Waals surface area contributed by atoms with Gasteiger partial charge in [0.15, 0.2) is 0 Å². The van der Waals surface area contributed by atoms with Crippen molar-refractivity contribution in [3.8, 4) is 0 Å². The Morgan fingerprint density at radius 1 is 1.27 bits per heavy atom. The molecule has 2 N–H and O–H groups in total. The number of carbonyl (C=O) groups excluding carboxylic acids is 1. The molecule has 1 atom stereocenters. The molecule has 0 radical (unpaired) electrons. The number of hydrazine groups is 1. The molecule has 1 aliphatic rings. The van der Waals surface area contributed by atoms with Crippen molar-refractivity contribution in [2.75, 3.05) is 31.1 Å². The number of carbonyl (C=O) groups is 1. The highest BCUT2D eigenvalue weighted by molar-refractivity contribution is 6.30. The summed E-state index contributed by atoms with van der Waals surface area (Å²) >= 11 is 6.06. The van der Waals surface area contributed by atoms with Crippen molar-refractivity contribution in [3.63, 3.8) is 0 Å². The van der Waals surface area contributed by atoms with Crippen molar-refractivity contribution in [2.24, 2.45) is 0 Å². The van der Waals surface area contributed by atoms with Crippen molar-refractivity contribution in [3.05, 3.63) is 29.3 Å². The van der Waals surface area contributed by atoms with Gasteiger partial charge in [0, 0.05) is 43.3 Å². The highest BCUT2D eigenvalue weighted by Gasteiger charge is 2.23. The summed E-state index contributed by atoms with van der Waals surface area (Å²) in [6, 6.07) is 7.99. The van der Waals surface area contributed by atoms with E-state index in [1.54, 1.807) is 0 Å². The first-order valence-electron chi connectivity index (χ1n) is 7.93. The van der Waals surface area contributed by atoms with Crippen molar-refractivity contribution in [1.29, 1.82) is 0 Å². The first-order chi connectivity index (χ1) is 10.6. The summed E-state index contributed by atoms with van der Waals surface area (Å²) in [7, 11) is 0. The second-order valence-electron chi connectivity index (χ2n) is 5.47. The van der Waals surface area contributed by atoms with Crippen molar-refractivity contribution < 1.29 is 4.79 Å². The summed E-state index contributed by atoms with van der Waals surface area (Å²) in [6.07, 6.45) is 1.62. The van der Waals surface area contributed by atoms with Gasteiger partial charge in [0.05, 0.1) is 6.17 Å². The van der Waals surface area contributed by atoms with Gasteiger partial charge in [-0.3, -0.25) is 15.1 Å². The highest BCUT2D eigenvalue weighted by atomic mass is 35.5. The number of hydrogen-bond donors (Lipinski definition) is 2. The Bertz CT molecular complexity index is 489. The molecular weight excluding hydrogens is 300 g/mol. The number of hydrogen-bond acceptors (Lipinski definition) is 4. The molecule has 6 heteroatoms. The largest absolute Gasteiger partial charge is 0.369 e. The monoisotopic (exact) mass is 324 g/mol. The predicted octanol–water partition coefficient (Wildman–Crippen LogP) is 2.23. The number of piperazine rings is 1. The number of nitrogens with one attached hydrogen (secondary N) is 2. The first-order valence-corrected chi connectivity index (χ1v) is 8.30. The quantitative estimate of drug-likeness (QED) is 0.788. The lowest BCUT2D eigenvalue weighted by atomic mass is 10.2. The molecule has 22 heavy (non-hydrogen) atoms. The maximum absolute atomic E-state index is 11.4. The minimum atomic E-state index is 0.0241. The molecule has 0 spiro atoms. The smallest absolute Gasteiger partial charge is 0.233 e. The van der Waals surface area contributed by atoms with Crippen molar-refractivity contribution in [1.82, 2.24) is 15.8 Å². The zero-order valence-corrected chi connectivity index (χ0v) is 14.1. The van der Waals surface area contributed by atoms with Crippen LogP contribution < -0.4 is 15.8 Å². The van der Waals surface area contributed by atoms with Crippen LogP contribution in [0.4, 0.5) is 5.69 Å². The van der Waals surface area contributed by atoms with Crippen LogP contribution in [-0.4, -0.2) is 43.2 Å². The highest BCUT2D eigenvalue weighted by Crippen LogP contribution is 2.21. The van der Waals surface area contributed by atoms with E-state index in [9.17, 15) is 4.79 Å². The molecule has 1 unspecified atom stereocenters. The molecule has 1 aromatic carbocycles. The van der Waals surface area contributed by atoms with E-state index in [4.69, 9.17) is 11.6 Å². The SMILES string of the molecule is CCC(=O)NNC(CC)N1CCN(c2cccc(Cl)c2)CC1. The summed E-state index contributed by atoms with van der Waals surface area (Å²) in [5.74, 6) is 0.0241. The van der Waals surface area contributed by atoms with Crippen LogP contribution in [0.2, 0.25) is 5.02 Å². The lowest BCUT2D eigenvalue weighted by Gasteiger charge is -2.40. The fourth-order valence-corrected chi connectivity index (χ4v) is 2.85. The summed E-state index contributed by atoms with van der Waals surface area (Å²) in [5.41, 5.74) is 7.08. The third-order valence-electron chi connectivity index (χ3n) is 4.01. The number of nitrogens with zero attached hydrogens (tertiary/aromatic N) is 2. The molecule has 122 valence electrons.